The Hall–Kier alpha value is -1.81. The Morgan fingerprint density at radius 1 is 1.22 bits per heavy atom. The minimum absolute atomic E-state index is 0.0475. The zero-order valence-corrected chi connectivity index (χ0v) is 14.2. The van der Waals surface area contributed by atoms with Crippen molar-refractivity contribution in [2.45, 2.75) is 38.3 Å². The Morgan fingerprint density at radius 2 is 1.96 bits per heavy atom. The topological polar surface area (TPSA) is 37.3 Å². The van der Waals surface area contributed by atoms with E-state index in [1.54, 1.807) is 0 Å². The third kappa shape index (κ3) is 2.27. The first-order valence-electron chi connectivity index (χ1n) is 8.58. The molecule has 4 heterocycles. The van der Waals surface area contributed by atoms with Gasteiger partial charge in [-0.2, -0.15) is 0 Å². The van der Waals surface area contributed by atoms with Crippen LogP contribution in [0.25, 0.3) is 10.9 Å². The van der Waals surface area contributed by atoms with E-state index in [0.29, 0.717) is 5.92 Å². The molecule has 1 atom stereocenters. The van der Waals surface area contributed by atoms with Crippen molar-refractivity contribution in [3.05, 3.63) is 36.0 Å². The molecule has 2 bridgehead atoms. The smallest absolute Gasteiger partial charge is 0.251 e. The first kappa shape index (κ1) is 14.8. The first-order chi connectivity index (χ1) is 11.0. The minimum atomic E-state index is 0.0475. The van der Waals surface area contributed by atoms with Gasteiger partial charge >= 0.3 is 0 Å². The highest BCUT2D eigenvalue weighted by atomic mass is 16.1. The first-order valence-corrected chi connectivity index (χ1v) is 8.58. The zero-order chi connectivity index (χ0) is 16.2. The fourth-order valence-corrected chi connectivity index (χ4v) is 4.51. The number of aromatic nitrogens is 1. The van der Waals surface area contributed by atoms with Crippen molar-refractivity contribution in [1.82, 2.24) is 14.8 Å². The number of nitrogens with one attached hydrogen (secondary N) is 1. The van der Waals surface area contributed by atoms with E-state index in [0.717, 1.165) is 11.1 Å². The van der Waals surface area contributed by atoms with Gasteiger partial charge in [0, 0.05) is 35.9 Å². The molecule has 2 aromatic rings. The van der Waals surface area contributed by atoms with Gasteiger partial charge in [-0.15, -0.1) is 0 Å². The Labute approximate surface area is 137 Å². The zero-order valence-electron chi connectivity index (χ0n) is 14.2. The average molecular weight is 311 g/mol. The van der Waals surface area contributed by atoms with Gasteiger partial charge in [0.1, 0.15) is 0 Å². The molecule has 0 saturated carbocycles. The molecule has 5 rings (SSSR count). The molecule has 122 valence electrons. The van der Waals surface area contributed by atoms with Crippen LogP contribution in [0, 0.1) is 5.92 Å². The van der Waals surface area contributed by atoms with Gasteiger partial charge in [-0.25, -0.2) is 0 Å². The monoisotopic (exact) mass is 311 g/mol. The van der Waals surface area contributed by atoms with Gasteiger partial charge in [0.05, 0.1) is 0 Å². The number of hydrogen-bond donors (Lipinski definition) is 1. The van der Waals surface area contributed by atoms with Gasteiger partial charge in [0.2, 0.25) is 0 Å². The van der Waals surface area contributed by atoms with Crippen molar-refractivity contribution in [3.63, 3.8) is 0 Å². The minimum Gasteiger partial charge on any atom is -0.351 e. The maximum atomic E-state index is 12.8. The second-order valence-corrected chi connectivity index (χ2v) is 7.63. The summed E-state index contributed by atoms with van der Waals surface area (Å²) < 4.78 is 2.06. The fraction of sp³-hybridized carbons (Fsp3) is 0.526. The molecule has 1 aromatic carbocycles. The highest BCUT2D eigenvalue weighted by Gasteiger charge is 2.48. The van der Waals surface area contributed by atoms with Crippen LogP contribution in [0.3, 0.4) is 0 Å². The summed E-state index contributed by atoms with van der Waals surface area (Å²) in [6.07, 6.45) is 4.43. The quantitative estimate of drug-likeness (QED) is 0.926. The summed E-state index contributed by atoms with van der Waals surface area (Å²) in [5.41, 5.74) is 1.91. The predicted octanol–water partition coefficient (Wildman–Crippen LogP) is 2.78. The van der Waals surface area contributed by atoms with Crippen LogP contribution in [0.15, 0.2) is 30.5 Å². The molecule has 0 radical (unpaired) electrons. The molecule has 1 N–H and O–H groups in total. The number of nitrogens with zero attached hydrogens (tertiary/aromatic N) is 2. The number of hydrogen-bond acceptors (Lipinski definition) is 2. The number of carbonyl (C=O) groups excluding carboxylic acids is 1. The normalized spacial score (nSPS) is 28.9. The Kier molecular flexibility index (Phi) is 3.27. The predicted molar refractivity (Wildman–Crippen MR) is 92.5 cm³/mol. The molecule has 3 fully saturated rings. The lowest BCUT2D eigenvalue weighted by atomic mass is 9.72. The van der Waals surface area contributed by atoms with Crippen LogP contribution in [-0.2, 0) is 7.05 Å². The lowest BCUT2D eigenvalue weighted by molar-refractivity contribution is -0.0378. The summed E-state index contributed by atoms with van der Waals surface area (Å²) in [6.45, 7) is 6.87. The number of piperidine rings is 3. The highest BCUT2D eigenvalue weighted by molar-refractivity contribution is 5.98. The van der Waals surface area contributed by atoms with E-state index in [1.165, 1.54) is 31.3 Å². The molecular weight excluding hydrogens is 286 g/mol. The van der Waals surface area contributed by atoms with Crippen molar-refractivity contribution >= 4 is 16.8 Å². The lowest BCUT2D eigenvalue weighted by Gasteiger charge is -2.56. The molecule has 23 heavy (non-hydrogen) atoms. The second-order valence-electron chi connectivity index (χ2n) is 7.63. The molecule has 0 aliphatic carbocycles. The molecule has 1 unspecified atom stereocenters. The third-order valence-electron chi connectivity index (χ3n) is 6.02. The molecule has 0 spiro atoms. The maximum Gasteiger partial charge on any atom is 0.251 e. The van der Waals surface area contributed by atoms with Crippen LogP contribution in [-0.4, -0.2) is 40.0 Å². The summed E-state index contributed by atoms with van der Waals surface area (Å²) in [7, 11) is 2.01. The molecular formula is C19H25N3O. The van der Waals surface area contributed by atoms with E-state index in [4.69, 9.17) is 0 Å². The maximum absolute atomic E-state index is 12.8. The second kappa shape index (κ2) is 5.10. The van der Waals surface area contributed by atoms with E-state index in [2.05, 4.69) is 34.7 Å². The standard InChI is InChI=1S/C19H25N3O/c1-19(2)17(14-7-10-22(19)11-8-14)20-18(23)15-5-4-13-6-9-21(3)16(13)12-15/h4-6,9,12,14,17H,7-8,10-11H2,1-3H3,(H,20,23). The Bertz CT molecular complexity index is 753. The van der Waals surface area contributed by atoms with Crippen molar-refractivity contribution in [2.24, 2.45) is 13.0 Å². The summed E-state index contributed by atoms with van der Waals surface area (Å²) in [5.74, 6) is 0.664. The van der Waals surface area contributed by atoms with Crippen molar-refractivity contribution < 1.29 is 4.79 Å². The molecule has 3 aliphatic rings. The van der Waals surface area contributed by atoms with Crippen molar-refractivity contribution in [1.29, 1.82) is 0 Å². The van der Waals surface area contributed by atoms with Gasteiger partial charge in [-0.05, 0) is 69.3 Å². The van der Waals surface area contributed by atoms with Crippen molar-refractivity contribution in [3.8, 4) is 0 Å². The number of amides is 1. The molecule has 4 heteroatoms. The summed E-state index contributed by atoms with van der Waals surface area (Å²) in [4.78, 5) is 15.3. The highest BCUT2D eigenvalue weighted by Crippen LogP contribution is 2.39. The van der Waals surface area contributed by atoms with E-state index in [9.17, 15) is 4.79 Å². The number of carbonyl (C=O) groups is 1. The Balaban J connectivity index is 1.60. The average Bonchev–Trinajstić information content (AvgIpc) is 2.92. The van der Waals surface area contributed by atoms with E-state index >= 15 is 0 Å². The van der Waals surface area contributed by atoms with Crippen molar-refractivity contribution in [2.75, 3.05) is 13.1 Å². The summed E-state index contributed by atoms with van der Waals surface area (Å²) in [6, 6.07) is 8.28. The third-order valence-corrected chi connectivity index (χ3v) is 6.02. The Morgan fingerprint density at radius 3 is 2.65 bits per heavy atom. The van der Waals surface area contributed by atoms with Crippen LogP contribution in [0.4, 0.5) is 0 Å². The van der Waals surface area contributed by atoms with Crippen LogP contribution in [0.1, 0.15) is 37.0 Å². The van der Waals surface area contributed by atoms with Gasteiger partial charge in [-0.1, -0.05) is 6.07 Å². The van der Waals surface area contributed by atoms with Gasteiger partial charge in [-0.3, -0.25) is 9.69 Å². The van der Waals surface area contributed by atoms with Crippen LogP contribution >= 0.6 is 0 Å². The lowest BCUT2D eigenvalue weighted by Crippen LogP contribution is -2.69. The summed E-state index contributed by atoms with van der Waals surface area (Å²) >= 11 is 0. The van der Waals surface area contributed by atoms with E-state index in [-0.39, 0.29) is 17.5 Å². The van der Waals surface area contributed by atoms with Gasteiger partial charge < -0.3 is 9.88 Å². The molecule has 4 nitrogen and oxygen atoms in total. The number of benzene rings is 1. The molecule has 1 aromatic heterocycles. The summed E-state index contributed by atoms with van der Waals surface area (Å²) in [5, 5.41) is 4.52. The van der Waals surface area contributed by atoms with Crippen LogP contribution in [0.5, 0.6) is 0 Å². The molecule has 3 aliphatic heterocycles. The molecule has 3 saturated heterocycles. The SMILES string of the molecule is Cn1ccc2ccc(C(=O)NC3C4CCN(CC4)C3(C)C)cc21. The van der Waals surface area contributed by atoms with Gasteiger partial charge in [0.25, 0.3) is 5.91 Å². The largest absolute Gasteiger partial charge is 0.351 e. The molecule has 1 amide bonds. The van der Waals surface area contributed by atoms with Gasteiger partial charge in [0.15, 0.2) is 0 Å². The number of fused-ring (bicyclic) bond motifs is 4. The van der Waals surface area contributed by atoms with Crippen LogP contribution in [0.2, 0.25) is 0 Å². The van der Waals surface area contributed by atoms with E-state index in [1.807, 2.05) is 31.4 Å². The van der Waals surface area contributed by atoms with E-state index < -0.39 is 0 Å². The number of rotatable bonds is 2. The number of aryl methyl sites for hydroxylation is 1. The fourth-order valence-electron chi connectivity index (χ4n) is 4.51. The van der Waals surface area contributed by atoms with Crippen LogP contribution < -0.4 is 5.32 Å².